The maximum atomic E-state index is 12.1. The zero-order valence-electron chi connectivity index (χ0n) is 14.4. The van der Waals surface area contributed by atoms with Crippen LogP contribution in [0.2, 0.25) is 0 Å². The van der Waals surface area contributed by atoms with Crippen molar-refractivity contribution in [1.82, 2.24) is 0 Å². The minimum Gasteiger partial charge on any atom is -0.497 e. The standard InChI is InChI=1S/C20H17NO5/c1-24-18-9-5-14(6-10-18)11-17(12-21)20(23)26-13-15-3-7-16(8-4-15)19(22)25-2/h3-11H,13H2,1-2H3/b17-11+. The summed E-state index contributed by atoms with van der Waals surface area (Å²) in [5.74, 6) is -0.485. The molecule has 0 fully saturated rings. The number of hydrogen-bond donors (Lipinski definition) is 0. The molecular weight excluding hydrogens is 334 g/mol. The van der Waals surface area contributed by atoms with Gasteiger partial charge >= 0.3 is 11.9 Å². The zero-order valence-corrected chi connectivity index (χ0v) is 14.4. The molecule has 0 atom stereocenters. The molecule has 2 aromatic rings. The monoisotopic (exact) mass is 351 g/mol. The Balaban J connectivity index is 2.01. The first kappa shape index (κ1) is 18.7. The van der Waals surface area contributed by atoms with Gasteiger partial charge in [0.25, 0.3) is 0 Å². The van der Waals surface area contributed by atoms with Crippen molar-refractivity contribution in [2.75, 3.05) is 14.2 Å². The van der Waals surface area contributed by atoms with Crippen molar-refractivity contribution in [1.29, 1.82) is 5.26 Å². The van der Waals surface area contributed by atoms with E-state index >= 15 is 0 Å². The highest BCUT2D eigenvalue weighted by molar-refractivity contribution is 5.97. The average molecular weight is 351 g/mol. The van der Waals surface area contributed by atoms with Crippen molar-refractivity contribution in [3.63, 3.8) is 0 Å². The minimum absolute atomic E-state index is 0.0120. The molecule has 0 aliphatic carbocycles. The van der Waals surface area contributed by atoms with E-state index in [9.17, 15) is 14.9 Å². The van der Waals surface area contributed by atoms with Gasteiger partial charge in [0.05, 0.1) is 19.8 Å². The molecule has 0 saturated heterocycles. The van der Waals surface area contributed by atoms with Crippen LogP contribution in [0.4, 0.5) is 0 Å². The summed E-state index contributed by atoms with van der Waals surface area (Å²) in [4.78, 5) is 23.5. The number of esters is 2. The van der Waals surface area contributed by atoms with E-state index in [0.29, 0.717) is 22.4 Å². The van der Waals surface area contributed by atoms with E-state index in [4.69, 9.17) is 9.47 Å². The van der Waals surface area contributed by atoms with E-state index in [1.54, 1.807) is 55.6 Å². The topological polar surface area (TPSA) is 85.6 Å². The molecule has 0 aliphatic heterocycles. The van der Waals surface area contributed by atoms with Gasteiger partial charge in [0, 0.05) is 0 Å². The Kier molecular flexibility index (Phi) is 6.52. The second kappa shape index (κ2) is 9.04. The van der Waals surface area contributed by atoms with Crippen LogP contribution < -0.4 is 4.74 Å². The summed E-state index contributed by atoms with van der Waals surface area (Å²) >= 11 is 0. The maximum absolute atomic E-state index is 12.1. The van der Waals surface area contributed by atoms with Crippen molar-refractivity contribution in [3.05, 3.63) is 70.8 Å². The van der Waals surface area contributed by atoms with Gasteiger partial charge in [0.1, 0.15) is 24.0 Å². The lowest BCUT2D eigenvalue weighted by atomic mass is 10.1. The zero-order chi connectivity index (χ0) is 18.9. The van der Waals surface area contributed by atoms with E-state index in [0.717, 1.165) is 0 Å². The molecule has 6 heteroatoms. The first-order valence-corrected chi connectivity index (χ1v) is 7.67. The van der Waals surface area contributed by atoms with E-state index in [-0.39, 0.29) is 12.2 Å². The summed E-state index contributed by atoms with van der Waals surface area (Å²) in [6.07, 6.45) is 1.45. The molecule has 0 unspecified atom stereocenters. The molecule has 2 aromatic carbocycles. The smallest absolute Gasteiger partial charge is 0.349 e. The molecule has 0 spiro atoms. The number of carbonyl (C=O) groups excluding carboxylic acids is 2. The maximum Gasteiger partial charge on any atom is 0.349 e. The fourth-order valence-electron chi connectivity index (χ4n) is 2.09. The second-order valence-corrected chi connectivity index (χ2v) is 5.21. The van der Waals surface area contributed by atoms with Crippen LogP contribution in [0, 0.1) is 11.3 Å². The van der Waals surface area contributed by atoms with Crippen LogP contribution in [0.3, 0.4) is 0 Å². The molecule has 0 saturated carbocycles. The molecule has 0 bridgehead atoms. The van der Waals surface area contributed by atoms with Gasteiger partial charge in [-0.15, -0.1) is 0 Å². The fraction of sp³-hybridized carbons (Fsp3) is 0.150. The first-order valence-electron chi connectivity index (χ1n) is 7.67. The summed E-state index contributed by atoms with van der Waals surface area (Å²) in [5.41, 5.74) is 1.66. The Morgan fingerprint density at radius 3 is 2.23 bits per heavy atom. The minimum atomic E-state index is -0.722. The van der Waals surface area contributed by atoms with Crippen molar-refractivity contribution in [2.45, 2.75) is 6.61 Å². The first-order chi connectivity index (χ1) is 12.6. The van der Waals surface area contributed by atoms with Crippen LogP contribution in [0.15, 0.2) is 54.1 Å². The van der Waals surface area contributed by atoms with Gasteiger partial charge in [-0.3, -0.25) is 0 Å². The Bertz CT molecular complexity index is 845. The van der Waals surface area contributed by atoms with Crippen LogP contribution in [0.5, 0.6) is 5.75 Å². The Morgan fingerprint density at radius 2 is 1.69 bits per heavy atom. The summed E-state index contributed by atoms with van der Waals surface area (Å²) in [5, 5.41) is 9.19. The van der Waals surface area contributed by atoms with Crippen LogP contribution in [-0.4, -0.2) is 26.2 Å². The molecule has 132 valence electrons. The normalized spacial score (nSPS) is 10.6. The number of benzene rings is 2. The highest BCUT2D eigenvalue weighted by Crippen LogP contribution is 2.15. The van der Waals surface area contributed by atoms with Gasteiger partial charge in [0.2, 0.25) is 0 Å². The van der Waals surface area contributed by atoms with Crippen molar-refractivity contribution < 1.29 is 23.8 Å². The number of hydrogen-bond acceptors (Lipinski definition) is 6. The number of ether oxygens (including phenoxy) is 3. The highest BCUT2D eigenvalue weighted by Gasteiger charge is 2.11. The number of rotatable bonds is 6. The molecule has 0 amide bonds. The van der Waals surface area contributed by atoms with Crippen LogP contribution in [0.25, 0.3) is 6.08 Å². The van der Waals surface area contributed by atoms with Crippen LogP contribution in [0.1, 0.15) is 21.5 Å². The quantitative estimate of drug-likeness (QED) is 0.451. The predicted octanol–water partition coefficient (Wildman–Crippen LogP) is 3.13. The molecule has 2 rings (SSSR count). The van der Waals surface area contributed by atoms with E-state index in [1.165, 1.54) is 13.2 Å². The molecule has 26 heavy (non-hydrogen) atoms. The number of methoxy groups -OCH3 is 2. The van der Waals surface area contributed by atoms with Crippen molar-refractivity contribution in [3.8, 4) is 11.8 Å². The molecule has 0 heterocycles. The number of nitriles is 1. The fourth-order valence-corrected chi connectivity index (χ4v) is 2.09. The summed E-state index contributed by atoms with van der Waals surface area (Å²) in [7, 11) is 2.86. The third kappa shape index (κ3) is 4.95. The van der Waals surface area contributed by atoms with Gasteiger partial charge in [-0.1, -0.05) is 24.3 Å². The van der Waals surface area contributed by atoms with E-state index < -0.39 is 11.9 Å². The molecule has 6 nitrogen and oxygen atoms in total. The predicted molar refractivity (Wildman–Crippen MR) is 94.2 cm³/mol. The third-order valence-electron chi connectivity index (χ3n) is 3.51. The summed E-state index contributed by atoms with van der Waals surface area (Å²) in [6.45, 7) is -0.0120. The third-order valence-corrected chi connectivity index (χ3v) is 3.51. The molecular formula is C20H17NO5. The number of carbonyl (C=O) groups is 2. The SMILES string of the molecule is COC(=O)c1ccc(COC(=O)/C(C#N)=C/c2ccc(OC)cc2)cc1. The molecule has 0 aliphatic rings. The Labute approximate surface area is 151 Å². The summed E-state index contributed by atoms with van der Waals surface area (Å²) in [6, 6.07) is 15.2. The lowest BCUT2D eigenvalue weighted by Gasteiger charge is -2.05. The molecule has 0 aromatic heterocycles. The van der Waals surface area contributed by atoms with E-state index in [2.05, 4.69) is 4.74 Å². The lowest BCUT2D eigenvalue weighted by Crippen LogP contribution is -2.07. The van der Waals surface area contributed by atoms with E-state index in [1.807, 2.05) is 6.07 Å². The van der Waals surface area contributed by atoms with Crippen molar-refractivity contribution in [2.24, 2.45) is 0 Å². The second-order valence-electron chi connectivity index (χ2n) is 5.21. The number of nitrogens with zero attached hydrogens (tertiary/aromatic N) is 1. The van der Waals surface area contributed by atoms with Gasteiger partial charge in [-0.2, -0.15) is 5.26 Å². The lowest BCUT2D eigenvalue weighted by molar-refractivity contribution is -0.139. The largest absolute Gasteiger partial charge is 0.497 e. The van der Waals surface area contributed by atoms with Gasteiger partial charge < -0.3 is 14.2 Å². The average Bonchev–Trinajstić information content (AvgIpc) is 2.70. The summed E-state index contributed by atoms with van der Waals surface area (Å²) < 4.78 is 14.8. The highest BCUT2D eigenvalue weighted by atomic mass is 16.5. The van der Waals surface area contributed by atoms with Gasteiger partial charge in [-0.25, -0.2) is 9.59 Å². The Hall–Kier alpha value is -3.59. The van der Waals surface area contributed by atoms with Gasteiger partial charge in [-0.05, 0) is 41.5 Å². The molecule has 0 radical (unpaired) electrons. The van der Waals surface area contributed by atoms with Crippen LogP contribution >= 0.6 is 0 Å². The van der Waals surface area contributed by atoms with Crippen molar-refractivity contribution >= 4 is 18.0 Å². The van der Waals surface area contributed by atoms with Gasteiger partial charge in [0.15, 0.2) is 0 Å². The Morgan fingerprint density at radius 1 is 1.04 bits per heavy atom. The van der Waals surface area contributed by atoms with Crippen LogP contribution in [-0.2, 0) is 20.9 Å². The molecule has 0 N–H and O–H groups in total.